The molecule has 5 nitrogen and oxygen atoms in total. The summed E-state index contributed by atoms with van der Waals surface area (Å²) in [5.41, 5.74) is 0.700. The van der Waals surface area contributed by atoms with Gasteiger partial charge in [-0.2, -0.15) is 5.26 Å². The van der Waals surface area contributed by atoms with Crippen LogP contribution >= 0.6 is 15.9 Å². The van der Waals surface area contributed by atoms with Crippen molar-refractivity contribution in [1.82, 2.24) is 5.32 Å². The first-order valence-corrected chi connectivity index (χ1v) is 7.73. The molecular weight excluding hydrogens is 348 g/mol. The number of halogens is 1. The van der Waals surface area contributed by atoms with E-state index in [1.165, 1.54) is 6.08 Å². The Balaban J connectivity index is 2.76. The van der Waals surface area contributed by atoms with Crippen LogP contribution in [0.15, 0.2) is 28.2 Å². The Labute approximate surface area is 139 Å². The Morgan fingerprint density at radius 3 is 2.91 bits per heavy atom. The summed E-state index contributed by atoms with van der Waals surface area (Å²) in [7, 11) is 1.54. The minimum Gasteiger partial charge on any atom is -0.496 e. The number of ether oxygens (including phenoxy) is 2. The van der Waals surface area contributed by atoms with Gasteiger partial charge in [-0.05, 0) is 37.6 Å². The molecular formula is C16H19BrN2O3. The molecule has 0 fully saturated rings. The van der Waals surface area contributed by atoms with Crippen molar-refractivity contribution in [3.05, 3.63) is 33.8 Å². The fourth-order valence-corrected chi connectivity index (χ4v) is 2.12. The van der Waals surface area contributed by atoms with E-state index in [9.17, 15) is 10.1 Å². The molecule has 0 unspecified atom stereocenters. The van der Waals surface area contributed by atoms with Crippen LogP contribution < -0.4 is 10.1 Å². The summed E-state index contributed by atoms with van der Waals surface area (Å²) in [4.78, 5) is 12.0. The van der Waals surface area contributed by atoms with Crippen LogP contribution in [0.5, 0.6) is 5.75 Å². The van der Waals surface area contributed by atoms with Gasteiger partial charge in [-0.3, -0.25) is 4.79 Å². The monoisotopic (exact) mass is 366 g/mol. The zero-order chi connectivity index (χ0) is 16.4. The standard InChI is InChI=1S/C16H19BrN2O3/c1-3-22-8-4-7-19-16(20)13(11-18)9-12-10-14(17)5-6-15(12)21-2/h5-6,9-10H,3-4,7-8H2,1-2H3,(H,19,20)/b13-9+. The Bertz CT molecular complexity index is 579. The fourth-order valence-electron chi connectivity index (χ4n) is 1.74. The zero-order valence-corrected chi connectivity index (χ0v) is 14.3. The van der Waals surface area contributed by atoms with E-state index in [1.54, 1.807) is 19.2 Å². The molecule has 22 heavy (non-hydrogen) atoms. The second kappa shape index (κ2) is 9.98. The lowest BCUT2D eigenvalue weighted by molar-refractivity contribution is -0.117. The highest BCUT2D eigenvalue weighted by Crippen LogP contribution is 2.25. The van der Waals surface area contributed by atoms with Crippen LogP contribution in [0.2, 0.25) is 0 Å². The van der Waals surface area contributed by atoms with Crippen molar-refractivity contribution in [2.75, 3.05) is 26.9 Å². The highest BCUT2D eigenvalue weighted by molar-refractivity contribution is 9.10. The van der Waals surface area contributed by atoms with Crippen LogP contribution in [0.25, 0.3) is 6.08 Å². The molecule has 0 atom stereocenters. The van der Waals surface area contributed by atoms with Crippen LogP contribution in [0.4, 0.5) is 0 Å². The molecule has 6 heteroatoms. The number of amides is 1. The molecule has 0 aliphatic heterocycles. The summed E-state index contributed by atoms with van der Waals surface area (Å²) in [6.07, 6.45) is 2.22. The first-order chi connectivity index (χ1) is 10.6. The average molecular weight is 367 g/mol. The largest absolute Gasteiger partial charge is 0.496 e. The maximum absolute atomic E-state index is 12.0. The number of nitrogens with one attached hydrogen (secondary N) is 1. The molecule has 1 aromatic rings. The molecule has 0 aliphatic carbocycles. The SMILES string of the molecule is CCOCCCNC(=O)/C(C#N)=C/c1cc(Br)ccc1OC. The van der Waals surface area contributed by atoms with Crippen molar-refractivity contribution in [1.29, 1.82) is 5.26 Å². The van der Waals surface area contributed by atoms with Crippen molar-refractivity contribution >= 4 is 27.9 Å². The number of nitrogens with zero attached hydrogens (tertiary/aromatic N) is 1. The van der Waals surface area contributed by atoms with Gasteiger partial charge in [-0.1, -0.05) is 15.9 Å². The van der Waals surface area contributed by atoms with Crippen LogP contribution in [-0.2, 0) is 9.53 Å². The molecule has 1 rings (SSSR count). The molecule has 0 heterocycles. The highest BCUT2D eigenvalue weighted by atomic mass is 79.9. The molecule has 1 amide bonds. The Kier molecular flexibility index (Phi) is 8.26. The second-order valence-corrected chi connectivity index (χ2v) is 5.28. The van der Waals surface area contributed by atoms with Gasteiger partial charge in [0, 0.05) is 29.8 Å². The van der Waals surface area contributed by atoms with Gasteiger partial charge < -0.3 is 14.8 Å². The van der Waals surface area contributed by atoms with E-state index < -0.39 is 5.91 Å². The lowest BCUT2D eigenvalue weighted by atomic mass is 10.1. The van der Waals surface area contributed by atoms with Crippen molar-refractivity contribution in [2.45, 2.75) is 13.3 Å². The van der Waals surface area contributed by atoms with Gasteiger partial charge in [0.05, 0.1) is 7.11 Å². The van der Waals surface area contributed by atoms with Gasteiger partial charge in [-0.25, -0.2) is 0 Å². The summed E-state index contributed by atoms with van der Waals surface area (Å²) in [6, 6.07) is 7.31. The minimum atomic E-state index is -0.402. The quantitative estimate of drug-likeness (QED) is 0.436. The van der Waals surface area contributed by atoms with Crippen LogP contribution in [0.3, 0.4) is 0 Å². The number of nitriles is 1. The van der Waals surface area contributed by atoms with Crippen LogP contribution in [0.1, 0.15) is 18.9 Å². The van der Waals surface area contributed by atoms with Gasteiger partial charge in [0.1, 0.15) is 17.4 Å². The number of carbonyl (C=O) groups excluding carboxylic acids is 1. The van der Waals surface area contributed by atoms with Gasteiger partial charge in [0.25, 0.3) is 5.91 Å². The Morgan fingerprint density at radius 1 is 1.50 bits per heavy atom. The van der Waals surface area contributed by atoms with E-state index in [0.29, 0.717) is 37.5 Å². The fraction of sp³-hybridized carbons (Fsp3) is 0.375. The first-order valence-electron chi connectivity index (χ1n) is 6.93. The topological polar surface area (TPSA) is 71.3 Å². The molecule has 0 radical (unpaired) electrons. The number of carbonyl (C=O) groups is 1. The average Bonchev–Trinajstić information content (AvgIpc) is 2.52. The number of hydrogen-bond acceptors (Lipinski definition) is 4. The molecule has 0 saturated carbocycles. The van der Waals surface area contributed by atoms with Gasteiger partial charge in [0.2, 0.25) is 0 Å². The predicted molar refractivity (Wildman–Crippen MR) is 88.4 cm³/mol. The van der Waals surface area contributed by atoms with Gasteiger partial charge in [-0.15, -0.1) is 0 Å². The van der Waals surface area contributed by atoms with Crippen molar-refractivity contribution in [2.24, 2.45) is 0 Å². The maximum Gasteiger partial charge on any atom is 0.261 e. The predicted octanol–water partition coefficient (Wildman–Crippen LogP) is 2.91. The molecule has 1 aromatic carbocycles. The second-order valence-electron chi connectivity index (χ2n) is 4.36. The van der Waals surface area contributed by atoms with Crippen molar-refractivity contribution in [3.63, 3.8) is 0 Å². The summed E-state index contributed by atoms with van der Waals surface area (Å²) in [5, 5.41) is 11.9. The summed E-state index contributed by atoms with van der Waals surface area (Å²) in [5.74, 6) is 0.195. The van der Waals surface area contributed by atoms with E-state index in [-0.39, 0.29) is 5.57 Å². The maximum atomic E-state index is 12.0. The van der Waals surface area contributed by atoms with E-state index in [1.807, 2.05) is 19.1 Å². The first kappa shape index (κ1) is 18.2. The van der Waals surface area contributed by atoms with Crippen molar-refractivity contribution in [3.8, 4) is 11.8 Å². The minimum absolute atomic E-state index is 0.0350. The number of rotatable bonds is 8. The van der Waals surface area contributed by atoms with E-state index >= 15 is 0 Å². The Morgan fingerprint density at radius 2 is 2.27 bits per heavy atom. The summed E-state index contributed by atoms with van der Waals surface area (Å²) in [6.45, 7) is 3.62. The smallest absolute Gasteiger partial charge is 0.261 e. The number of methoxy groups -OCH3 is 1. The molecule has 118 valence electrons. The van der Waals surface area contributed by atoms with E-state index in [4.69, 9.17) is 9.47 Å². The molecule has 0 aromatic heterocycles. The molecule has 0 spiro atoms. The lowest BCUT2D eigenvalue weighted by Gasteiger charge is -2.07. The lowest BCUT2D eigenvalue weighted by Crippen LogP contribution is -2.26. The molecule has 0 saturated heterocycles. The number of hydrogen-bond donors (Lipinski definition) is 1. The zero-order valence-electron chi connectivity index (χ0n) is 12.7. The van der Waals surface area contributed by atoms with E-state index in [0.717, 1.165) is 4.47 Å². The normalized spacial score (nSPS) is 10.9. The summed E-state index contributed by atoms with van der Waals surface area (Å²) >= 11 is 3.36. The summed E-state index contributed by atoms with van der Waals surface area (Å²) < 4.78 is 11.3. The number of benzene rings is 1. The molecule has 1 N–H and O–H groups in total. The molecule has 0 aliphatic rings. The third-order valence-corrected chi connectivity index (χ3v) is 3.31. The molecule has 0 bridgehead atoms. The van der Waals surface area contributed by atoms with Gasteiger partial charge in [0.15, 0.2) is 0 Å². The van der Waals surface area contributed by atoms with Gasteiger partial charge >= 0.3 is 0 Å². The van der Waals surface area contributed by atoms with Crippen LogP contribution in [-0.4, -0.2) is 32.8 Å². The van der Waals surface area contributed by atoms with Crippen molar-refractivity contribution < 1.29 is 14.3 Å². The van der Waals surface area contributed by atoms with E-state index in [2.05, 4.69) is 21.2 Å². The Hall–Kier alpha value is -1.84. The third kappa shape index (κ3) is 5.88. The third-order valence-electron chi connectivity index (χ3n) is 2.81. The van der Waals surface area contributed by atoms with Crippen LogP contribution in [0, 0.1) is 11.3 Å². The highest BCUT2D eigenvalue weighted by Gasteiger charge is 2.10.